The second kappa shape index (κ2) is 8.66. The van der Waals surface area contributed by atoms with Crippen LogP contribution in [-0.2, 0) is 6.61 Å². The standard InChI is InChI=1S/C18H21FN2O2.ClH/c1-18(2,20)12-21-17(22)14-6-3-5-13(9-14)11-23-16-8-4-7-15(19)10-16;/h3-10H,11-12,20H2,1-2H3,(H,21,22);1H. The summed E-state index contributed by atoms with van der Waals surface area (Å²) in [7, 11) is 0. The summed E-state index contributed by atoms with van der Waals surface area (Å²) in [5.74, 6) is -0.0825. The second-order valence-corrected chi connectivity index (χ2v) is 6.12. The Morgan fingerprint density at radius 2 is 1.92 bits per heavy atom. The van der Waals surface area contributed by atoms with Crippen LogP contribution in [-0.4, -0.2) is 18.0 Å². The number of nitrogens with two attached hydrogens (primary N) is 1. The summed E-state index contributed by atoms with van der Waals surface area (Å²) in [6.45, 7) is 4.33. The van der Waals surface area contributed by atoms with Crippen LogP contribution in [0.3, 0.4) is 0 Å². The Labute approximate surface area is 147 Å². The molecule has 0 saturated heterocycles. The van der Waals surface area contributed by atoms with E-state index in [9.17, 15) is 9.18 Å². The number of nitrogens with one attached hydrogen (secondary N) is 1. The van der Waals surface area contributed by atoms with Gasteiger partial charge in [0.25, 0.3) is 5.91 Å². The number of halogens is 2. The van der Waals surface area contributed by atoms with Crippen LogP contribution in [0, 0.1) is 5.82 Å². The predicted molar refractivity (Wildman–Crippen MR) is 95.0 cm³/mol. The molecule has 1 amide bonds. The fourth-order valence-electron chi connectivity index (χ4n) is 1.94. The number of carbonyl (C=O) groups excluding carboxylic acids is 1. The highest BCUT2D eigenvalue weighted by Crippen LogP contribution is 2.15. The molecule has 6 heteroatoms. The van der Waals surface area contributed by atoms with Crippen molar-refractivity contribution in [2.45, 2.75) is 26.0 Å². The maximum atomic E-state index is 13.1. The quantitative estimate of drug-likeness (QED) is 0.838. The molecule has 4 nitrogen and oxygen atoms in total. The zero-order valence-corrected chi connectivity index (χ0v) is 14.5. The van der Waals surface area contributed by atoms with Gasteiger partial charge < -0.3 is 15.8 Å². The Kier molecular flexibility index (Phi) is 7.19. The molecule has 0 aromatic heterocycles. The normalized spacial score (nSPS) is 10.7. The molecule has 24 heavy (non-hydrogen) atoms. The van der Waals surface area contributed by atoms with Gasteiger partial charge in [-0.1, -0.05) is 18.2 Å². The number of benzene rings is 2. The maximum absolute atomic E-state index is 13.1. The van der Waals surface area contributed by atoms with Gasteiger partial charge in [0.15, 0.2) is 0 Å². The highest BCUT2D eigenvalue weighted by molar-refractivity contribution is 5.94. The fourth-order valence-corrected chi connectivity index (χ4v) is 1.94. The van der Waals surface area contributed by atoms with Crippen molar-refractivity contribution in [3.8, 4) is 5.75 Å². The van der Waals surface area contributed by atoms with Crippen molar-refractivity contribution in [3.05, 3.63) is 65.5 Å². The van der Waals surface area contributed by atoms with Gasteiger partial charge in [0.1, 0.15) is 18.2 Å². The van der Waals surface area contributed by atoms with E-state index in [0.29, 0.717) is 17.9 Å². The summed E-state index contributed by atoms with van der Waals surface area (Å²) in [5.41, 5.74) is 6.75. The first-order valence-corrected chi connectivity index (χ1v) is 7.38. The molecule has 2 aromatic rings. The van der Waals surface area contributed by atoms with E-state index < -0.39 is 5.54 Å². The Morgan fingerprint density at radius 1 is 1.21 bits per heavy atom. The minimum Gasteiger partial charge on any atom is -0.489 e. The Morgan fingerprint density at radius 3 is 2.58 bits per heavy atom. The Balaban J connectivity index is 0.00000288. The van der Waals surface area contributed by atoms with Gasteiger partial charge in [-0.3, -0.25) is 4.79 Å². The van der Waals surface area contributed by atoms with E-state index in [1.807, 2.05) is 19.9 Å². The summed E-state index contributed by atoms with van der Waals surface area (Å²) in [6, 6.07) is 13.1. The lowest BCUT2D eigenvalue weighted by molar-refractivity contribution is 0.0946. The van der Waals surface area contributed by atoms with Crippen molar-refractivity contribution in [1.29, 1.82) is 0 Å². The molecule has 0 saturated carbocycles. The van der Waals surface area contributed by atoms with Crippen molar-refractivity contribution >= 4 is 18.3 Å². The number of hydrogen-bond acceptors (Lipinski definition) is 3. The monoisotopic (exact) mass is 352 g/mol. The van der Waals surface area contributed by atoms with Crippen LogP contribution >= 0.6 is 12.4 Å². The number of amides is 1. The molecule has 0 radical (unpaired) electrons. The lowest BCUT2D eigenvalue weighted by atomic mass is 10.1. The van der Waals surface area contributed by atoms with Gasteiger partial charge in [0.2, 0.25) is 0 Å². The first kappa shape index (κ1) is 19.9. The van der Waals surface area contributed by atoms with Gasteiger partial charge in [-0.05, 0) is 43.7 Å². The molecule has 0 aliphatic carbocycles. The van der Waals surface area contributed by atoms with E-state index in [4.69, 9.17) is 10.5 Å². The molecule has 0 spiro atoms. The van der Waals surface area contributed by atoms with Crippen LogP contribution in [0.15, 0.2) is 48.5 Å². The van der Waals surface area contributed by atoms with Crippen molar-refractivity contribution in [2.24, 2.45) is 5.73 Å². The molecule has 0 atom stereocenters. The molecule has 0 heterocycles. The highest BCUT2D eigenvalue weighted by atomic mass is 35.5. The molecule has 0 bridgehead atoms. The van der Waals surface area contributed by atoms with Crippen LogP contribution < -0.4 is 15.8 Å². The molecule has 3 N–H and O–H groups in total. The maximum Gasteiger partial charge on any atom is 0.251 e. The van der Waals surface area contributed by atoms with Crippen molar-refractivity contribution in [2.75, 3.05) is 6.54 Å². The first-order chi connectivity index (χ1) is 10.8. The third kappa shape index (κ3) is 6.56. The Hall–Kier alpha value is -2.11. The van der Waals surface area contributed by atoms with E-state index in [2.05, 4.69) is 5.32 Å². The smallest absolute Gasteiger partial charge is 0.251 e. The van der Waals surface area contributed by atoms with E-state index in [0.717, 1.165) is 5.56 Å². The van der Waals surface area contributed by atoms with Crippen LogP contribution in [0.25, 0.3) is 0 Å². The third-order valence-corrected chi connectivity index (χ3v) is 3.10. The van der Waals surface area contributed by atoms with E-state index in [1.165, 1.54) is 12.1 Å². The molecule has 0 unspecified atom stereocenters. The predicted octanol–water partition coefficient (Wildman–Crippen LogP) is 3.29. The van der Waals surface area contributed by atoms with Crippen molar-refractivity contribution < 1.29 is 13.9 Å². The average Bonchev–Trinajstić information content (AvgIpc) is 2.50. The van der Waals surface area contributed by atoms with E-state index >= 15 is 0 Å². The summed E-state index contributed by atoms with van der Waals surface area (Å²) >= 11 is 0. The number of carbonyl (C=O) groups is 1. The van der Waals surface area contributed by atoms with Gasteiger partial charge in [0, 0.05) is 23.7 Å². The van der Waals surface area contributed by atoms with Crippen LogP contribution in [0.5, 0.6) is 5.75 Å². The summed E-state index contributed by atoms with van der Waals surface area (Å²) < 4.78 is 18.6. The molecule has 2 aromatic carbocycles. The van der Waals surface area contributed by atoms with E-state index in [-0.39, 0.29) is 30.7 Å². The number of hydrogen-bond donors (Lipinski definition) is 2. The molecule has 130 valence electrons. The zero-order chi connectivity index (χ0) is 16.9. The first-order valence-electron chi connectivity index (χ1n) is 7.38. The number of rotatable bonds is 6. The van der Waals surface area contributed by atoms with Gasteiger partial charge in [-0.2, -0.15) is 0 Å². The Bertz CT molecular complexity index is 687. The largest absolute Gasteiger partial charge is 0.489 e. The summed E-state index contributed by atoms with van der Waals surface area (Å²) in [4.78, 5) is 12.1. The van der Waals surface area contributed by atoms with Crippen LogP contribution in [0.1, 0.15) is 29.8 Å². The molecule has 0 aliphatic heterocycles. The molecular weight excluding hydrogens is 331 g/mol. The minimum absolute atomic E-state index is 0. The lowest BCUT2D eigenvalue weighted by Crippen LogP contribution is -2.45. The molecule has 0 fully saturated rings. The SMILES string of the molecule is CC(C)(N)CNC(=O)c1cccc(COc2cccc(F)c2)c1.Cl. The van der Waals surface area contributed by atoms with Crippen LogP contribution in [0.2, 0.25) is 0 Å². The van der Waals surface area contributed by atoms with E-state index in [1.54, 1.807) is 30.3 Å². The van der Waals surface area contributed by atoms with Crippen molar-refractivity contribution in [1.82, 2.24) is 5.32 Å². The van der Waals surface area contributed by atoms with Gasteiger partial charge >= 0.3 is 0 Å². The van der Waals surface area contributed by atoms with Gasteiger partial charge in [-0.25, -0.2) is 4.39 Å². The average molecular weight is 353 g/mol. The second-order valence-electron chi connectivity index (χ2n) is 6.12. The summed E-state index contributed by atoms with van der Waals surface area (Å²) in [6.07, 6.45) is 0. The van der Waals surface area contributed by atoms with Crippen molar-refractivity contribution in [3.63, 3.8) is 0 Å². The fraction of sp³-hybridized carbons (Fsp3) is 0.278. The van der Waals surface area contributed by atoms with Gasteiger partial charge in [0.05, 0.1) is 0 Å². The zero-order valence-electron chi connectivity index (χ0n) is 13.7. The highest BCUT2D eigenvalue weighted by Gasteiger charge is 2.13. The minimum atomic E-state index is -0.465. The topological polar surface area (TPSA) is 64.3 Å². The lowest BCUT2D eigenvalue weighted by Gasteiger charge is -2.19. The molecule has 0 aliphatic rings. The number of ether oxygens (including phenoxy) is 1. The van der Waals surface area contributed by atoms with Crippen LogP contribution in [0.4, 0.5) is 4.39 Å². The summed E-state index contributed by atoms with van der Waals surface area (Å²) in [5, 5.41) is 2.79. The third-order valence-electron chi connectivity index (χ3n) is 3.10. The molecule has 2 rings (SSSR count). The van der Waals surface area contributed by atoms with Gasteiger partial charge in [-0.15, -0.1) is 12.4 Å². The molecular formula is C18H22ClFN2O2.